The van der Waals surface area contributed by atoms with Crippen LogP contribution in [0, 0.1) is 29.3 Å². The van der Waals surface area contributed by atoms with Crippen LogP contribution in [0.4, 0.5) is 18.9 Å². The number of anilines is 1. The summed E-state index contributed by atoms with van der Waals surface area (Å²) in [7, 11) is -4.15. The van der Waals surface area contributed by atoms with Gasteiger partial charge in [-0.1, -0.05) is 0 Å². The molecule has 3 N–H and O–H groups in total. The predicted molar refractivity (Wildman–Crippen MR) is 105 cm³/mol. The minimum atomic E-state index is -4.15. The van der Waals surface area contributed by atoms with Crippen LogP contribution in [0.2, 0.25) is 0 Å². The van der Waals surface area contributed by atoms with Crippen LogP contribution >= 0.6 is 0 Å². The molecule has 0 heterocycles. The standard InChI is InChI=1S/C21H20F3NO5S/c22-16-4-2-14(9-18(16)24)25-20(27)11-1-3-17(23)19(5-11)31(29,30)15-7-12-6-13(8-15)21(12,28)10-26/h1-5,9,12-13,15,26,28H,6-8,10H2,(H,25,27). The lowest BCUT2D eigenvalue weighted by atomic mass is 9.54. The number of carbonyl (C=O) groups excluding carboxylic acids is 1. The fourth-order valence-corrected chi connectivity index (χ4v) is 6.55. The van der Waals surface area contributed by atoms with E-state index >= 15 is 0 Å². The molecule has 6 nitrogen and oxygen atoms in total. The second kappa shape index (κ2) is 7.61. The predicted octanol–water partition coefficient (Wildman–Crippen LogP) is 2.65. The molecular formula is C21H20F3NO5S. The number of carbonyl (C=O) groups is 1. The van der Waals surface area contributed by atoms with Gasteiger partial charge in [-0.05, 0) is 61.4 Å². The van der Waals surface area contributed by atoms with Gasteiger partial charge in [0.25, 0.3) is 5.91 Å². The highest BCUT2D eigenvalue weighted by Crippen LogP contribution is 2.55. The molecule has 2 aromatic rings. The van der Waals surface area contributed by atoms with E-state index in [-0.39, 0.29) is 35.9 Å². The lowest BCUT2D eigenvalue weighted by Crippen LogP contribution is -2.63. The van der Waals surface area contributed by atoms with Crippen LogP contribution in [-0.4, -0.2) is 42.0 Å². The smallest absolute Gasteiger partial charge is 0.255 e. The molecule has 5 rings (SSSR count). The quantitative estimate of drug-likeness (QED) is 0.643. The molecule has 0 aliphatic heterocycles. The number of aliphatic hydroxyl groups excluding tert-OH is 1. The third-order valence-electron chi connectivity index (χ3n) is 6.45. The summed E-state index contributed by atoms with van der Waals surface area (Å²) in [6.07, 6.45) is 0.767. The Kier molecular flexibility index (Phi) is 5.35. The Bertz CT molecular complexity index is 1140. The Hall–Kier alpha value is -2.43. The SMILES string of the molecule is O=C(Nc1ccc(F)c(F)c1)c1ccc(F)c(S(=O)(=O)C2CC3CC(C2)C3(O)CO)c1. The van der Waals surface area contributed by atoms with E-state index in [0.717, 1.165) is 36.4 Å². The number of amides is 1. The van der Waals surface area contributed by atoms with Gasteiger partial charge in [-0.25, -0.2) is 21.6 Å². The van der Waals surface area contributed by atoms with Crippen molar-refractivity contribution >= 4 is 21.4 Å². The van der Waals surface area contributed by atoms with Crippen molar-refractivity contribution in [1.82, 2.24) is 0 Å². The molecule has 0 saturated heterocycles. The number of benzene rings is 2. The zero-order valence-corrected chi connectivity index (χ0v) is 17.0. The van der Waals surface area contributed by atoms with Crippen LogP contribution < -0.4 is 5.32 Å². The molecular weight excluding hydrogens is 435 g/mol. The van der Waals surface area contributed by atoms with Crippen molar-refractivity contribution in [2.24, 2.45) is 11.8 Å². The highest BCUT2D eigenvalue weighted by molar-refractivity contribution is 7.92. The molecule has 3 aliphatic rings. The first kappa shape index (κ1) is 21.8. The molecule has 2 atom stereocenters. The second-order valence-corrected chi connectivity index (χ2v) is 10.3. The number of sulfone groups is 1. The number of nitrogens with one attached hydrogen (secondary N) is 1. The summed E-state index contributed by atoms with van der Waals surface area (Å²) in [5.41, 5.74) is -1.51. The first-order chi connectivity index (χ1) is 14.6. The first-order valence-corrected chi connectivity index (χ1v) is 11.2. The summed E-state index contributed by atoms with van der Waals surface area (Å²) in [4.78, 5) is 11.8. The molecule has 166 valence electrons. The number of hydrogen-bond donors (Lipinski definition) is 3. The van der Waals surface area contributed by atoms with Gasteiger partial charge < -0.3 is 15.5 Å². The molecule has 1 amide bonds. The molecule has 2 bridgehead atoms. The summed E-state index contributed by atoms with van der Waals surface area (Å²) < 4.78 is 67.0. The van der Waals surface area contributed by atoms with Gasteiger partial charge in [0, 0.05) is 17.3 Å². The van der Waals surface area contributed by atoms with Gasteiger partial charge in [-0.15, -0.1) is 0 Å². The summed E-state index contributed by atoms with van der Waals surface area (Å²) in [5.74, 6) is -4.87. The van der Waals surface area contributed by atoms with Gasteiger partial charge in [-0.3, -0.25) is 4.79 Å². The third-order valence-corrected chi connectivity index (χ3v) is 8.64. The minimum Gasteiger partial charge on any atom is -0.393 e. The largest absolute Gasteiger partial charge is 0.393 e. The van der Waals surface area contributed by atoms with Gasteiger partial charge in [0.2, 0.25) is 0 Å². The maximum absolute atomic E-state index is 14.4. The molecule has 0 aromatic heterocycles. The molecule has 0 spiro atoms. The van der Waals surface area contributed by atoms with E-state index in [9.17, 15) is 36.6 Å². The zero-order chi connectivity index (χ0) is 22.6. The van der Waals surface area contributed by atoms with Crippen molar-refractivity contribution in [2.75, 3.05) is 11.9 Å². The lowest BCUT2D eigenvalue weighted by molar-refractivity contribution is -0.197. The van der Waals surface area contributed by atoms with E-state index < -0.39 is 55.5 Å². The van der Waals surface area contributed by atoms with Crippen LogP contribution in [0.5, 0.6) is 0 Å². The van der Waals surface area contributed by atoms with Crippen molar-refractivity contribution in [3.05, 3.63) is 59.4 Å². The number of fused-ring (bicyclic) bond motifs is 2. The van der Waals surface area contributed by atoms with Crippen molar-refractivity contribution in [3.8, 4) is 0 Å². The zero-order valence-electron chi connectivity index (χ0n) is 16.2. The third kappa shape index (κ3) is 3.62. The van der Waals surface area contributed by atoms with Crippen LogP contribution in [0.1, 0.15) is 29.6 Å². The van der Waals surface area contributed by atoms with Crippen LogP contribution in [0.25, 0.3) is 0 Å². The Morgan fingerprint density at radius 3 is 2.26 bits per heavy atom. The summed E-state index contributed by atoms with van der Waals surface area (Å²) in [6, 6.07) is 5.60. The Labute approximate surface area is 176 Å². The molecule has 2 aromatic carbocycles. The lowest BCUT2D eigenvalue weighted by Gasteiger charge is -2.57. The van der Waals surface area contributed by atoms with Crippen LogP contribution in [-0.2, 0) is 9.84 Å². The highest BCUT2D eigenvalue weighted by Gasteiger charge is 2.59. The highest BCUT2D eigenvalue weighted by atomic mass is 32.2. The second-order valence-electron chi connectivity index (χ2n) is 8.15. The normalized spacial score (nSPS) is 27.5. The Morgan fingerprint density at radius 1 is 1.00 bits per heavy atom. The first-order valence-electron chi connectivity index (χ1n) is 9.69. The average Bonchev–Trinajstić information content (AvgIpc) is 2.75. The number of hydrogen-bond acceptors (Lipinski definition) is 5. The van der Waals surface area contributed by atoms with Crippen LogP contribution in [0.3, 0.4) is 0 Å². The summed E-state index contributed by atoms with van der Waals surface area (Å²) >= 11 is 0. The summed E-state index contributed by atoms with van der Waals surface area (Å²) in [6.45, 7) is -0.455. The minimum absolute atomic E-state index is 0.0479. The molecule has 0 radical (unpaired) electrons. The average molecular weight is 455 g/mol. The molecule has 31 heavy (non-hydrogen) atoms. The van der Waals surface area contributed by atoms with Gasteiger partial charge >= 0.3 is 0 Å². The van der Waals surface area contributed by atoms with Crippen LogP contribution in [0.15, 0.2) is 41.3 Å². The Balaban J connectivity index is 1.57. The molecule has 3 fully saturated rings. The monoisotopic (exact) mass is 455 g/mol. The van der Waals surface area contributed by atoms with E-state index in [0.29, 0.717) is 6.42 Å². The van der Waals surface area contributed by atoms with Crippen molar-refractivity contribution in [1.29, 1.82) is 0 Å². The van der Waals surface area contributed by atoms with E-state index in [1.54, 1.807) is 0 Å². The maximum Gasteiger partial charge on any atom is 0.255 e. The fraction of sp³-hybridized carbons (Fsp3) is 0.381. The molecule has 3 aliphatic carbocycles. The topological polar surface area (TPSA) is 104 Å². The summed E-state index contributed by atoms with van der Waals surface area (Å²) in [5, 5.41) is 21.2. The van der Waals surface area contributed by atoms with Crippen molar-refractivity contribution in [2.45, 2.75) is 35.0 Å². The maximum atomic E-state index is 14.4. The Morgan fingerprint density at radius 2 is 1.65 bits per heavy atom. The number of aliphatic hydroxyl groups is 2. The van der Waals surface area contributed by atoms with Gasteiger partial charge in [0.05, 0.1) is 17.5 Å². The van der Waals surface area contributed by atoms with E-state index in [1.807, 2.05) is 0 Å². The number of rotatable bonds is 5. The molecule has 3 saturated carbocycles. The van der Waals surface area contributed by atoms with E-state index in [4.69, 9.17) is 0 Å². The van der Waals surface area contributed by atoms with Crippen molar-refractivity contribution < 1.29 is 36.6 Å². The van der Waals surface area contributed by atoms with Gasteiger partial charge in [0.15, 0.2) is 21.5 Å². The van der Waals surface area contributed by atoms with E-state index in [2.05, 4.69) is 5.32 Å². The molecule has 2 unspecified atom stereocenters. The van der Waals surface area contributed by atoms with Gasteiger partial charge in [0.1, 0.15) is 10.7 Å². The van der Waals surface area contributed by atoms with Crippen molar-refractivity contribution in [3.63, 3.8) is 0 Å². The fourth-order valence-electron chi connectivity index (χ4n) is 4.59. The number of halogens is 3. The molecule has 10 heteroatoms. The van der Waals surface area contributed by atoms with Gasteiger partial charge in [-0.2, -0.15) is 0 Å². The van der Waals surface area contributed by atoms with E-state index in [1.165, 1.54) is 0 Å².